The molecule has 8 heteroatoms. The standard InChI is InChI=1S/C17H22N4O3S/c1-6-8-21-12(5)19-20-17(21)25-9-13(22)14-10(3)18-11(4)15(14)16(23)24-7-2/h6,18H,1,7-9H2,2-5H3. The van der Waals surface area contributed by atoms with E-state index in [0.717, 1.165) is 5.82 Å². The second kappa shape index (κ2) is 8.15. The molecule has 7 nitrogen and oxygen atoms in total. The average Bonchev–Trinajstić information content (AvgIpc) is 3.05. The highest BCUT2D eigenvalue weighted by Gasteiger charge is 2.25. The molecule has 2 aromatic heterocycles. The van der Waals surface area contributed by atoms with E-state index >= 15 is 0 Å². The number of ketones is 1. The number of aryl methyl sites for hydroxylation is 3. The number of nitrogens with zero attached hydrogens (tertiary/aromatic N) is 3. The Morgan fingerprint density at radius 1 is 1.24 bits per heavy atom. The van der Waals surface area contributed by atoms with Gasteiger partial charge in [-0.3, -0.25) is 4.79 Å². The van der Waals surface area contributed by atoms with Crippen LogP contribution in [0.25, 0.3) is 0 Å². The zero-order valence-corrected chi connectivity index (χ0v) is 15.7. The Morgan fingerprint density at radius 2 is 1.92 bits per heavy atom. The van der Waals surface area contributed by atoms with Gasteiger partial charge < -0.3 is 14.3 Å². The molecule has 2 heterocycles. The molecule has 2 rings (SSSR count). The lowest BCUT2D eigenvalue weighted by Gasteiger charge is -2.07. The van der Waals surface area contributed by atoms with Crippen LogP contribution in [0.2, 0.25) is 0 Å². The van der Waals surface area contributed by atoms with Crippen LogP contribution in [0.15, 0.2) is 17.8 Å². The molecule has 0 aromatic carbocycles. The van der Waals surface area contributed by atoms with Crippen molar-refractivity contribution in [2.75, 3.05) is 12.4 Å². The maximum Gasteiger partial charge on any atom is 0.340 e. The van der Waals surface area contributed by atoms with Crippen LogP contribution in [0, 0.1) is 20.8 Å². The lowest BCUT2D eigenvalue weighted by molar-refractivity contribution is 0.0522. The smallest absolute Gasteiger partial charge is 0.340 e. The summed E-state index contributed by atoms with van der Waals surface area (Å²) in [6.45, 7) is 11.7. The second-order valence-electron chi connectivity index (χ2n) is 5.49. The Balaban J connectivity index is 2.22. The van der Waals surface area contributed by atoms with Gasteiger partial charge in [-0.15, -0.1) is 16.8 Å². The third kappa shape index (κ3) is 4.01. The lowest BCUT2D eigenvalue weighted by Crippen LogP contribution is -2.13. The summed E-state index contributed by atoms with van der Waals surface area (Å²) >= 11 is 1.29. The molecule has 0 radical (unpaired) electrons. The van der Waals surface area contributed by atoms with E-state index in [1.54, 1.807) is 26.8 Å². The molecule has 0 aliphatic heterocycles. The topological polar surface area (TPSA) is 89.9 Å². The van der Waals surface area contributed by atoms with Crippen molar-refractivity contribution in [1.82, 2.24) is 19.7 Å². The fourth-order valence-corrected chi connectivity index (χ4v) is 3.46. The zero-order chi connectivity index (χ0) is 18.6. The number of aromatic amines is 1. The number of thioether (sulfide) groups is 1. The van der Waals surface area contributed by atoms with Crippen molar-refractivity contribution in [1.29, 1.82) is 0 Å². The number of H-pyrrole nitrogens is 1. The summed E-state index contributed by atoms with van der Waals surface area (Å²) in [4.78, 5) is 28.0. The fraction of sp³-hybridized carbons (Fsp3) is 0.412. The molecule has 0 spiro atoms. The van der Waals surface area contributed by atoms with Gasteiger partial charge in [-0.05, 0) is 27.7 Å². The van der Waals surface area contributed by atoms with Gasteiger partial charge in [0.25, 0.3) is 0 Å². The van der Waals surface area contributed by atoms with Crippen LogP contribution in [0.3, 0.4) is 0 Å². The highest BCUT2D eigenvalue weighted by molar-refractivity contribution is 7.99. The number of rotatable bonds is 8. The van der Waals surface area contributed by atoms with Gasteiger partial charge in [-0.25, -0.2) is 4.79 Å². The minimum absolute atomic E-state index is 0.152. The second-order valence-corrected chi connectivity index (χ2v) is 6.43. The first-order valence-corrected chi connectivity index (χ1v) is 8.92. The van der Waals surface area contributed by atoms with Crippen LogP contribution in [0.1, 0.15) is 44.9 Å². The summed E-state index contributed by atoms with van der Waals surface area (Å²) in [7, 11) is 0. The van der Waals surface area contributed by atoms with E-state index in [9.17, 15) is 9.59 Å². The Hall–Kier alpha value is -2.35. The highest BCUT2D eigenvalue weighted by Crippen LogP contribution is 2.24. The maximum absolute atomic E-state index is 12.7. The quantitative estimate of drug-likeness (QED) is 0.336. The molecule has 0 aliphatic carbocycles. The number of ether oxygens (including phenoxy) is 1. The number of allylic oxidation sites excluding steroid dienone is 1. The Kier molecular flexibility index (Phi) is 6.19. The minimum Gasteiger partial charge on any atom is -0.462 e. The van der Waals surface area contributed by atoms with Gasteiger partial charge in [0.1, 0.15) is 5.82 Å². The molecule has 0 bridgehead atoms. The summed E-state index contributed by atoms with van der Waals surface area (Å²) in [5.74, 6) is 0.277. The molecule has 0 saturated carbocycles. The van der Waals surface area contributed by atoms with Crippen LogP contribution in [0.4, 0.5) is 0 Å². The molecule has 1 N–H and O–H groups in total. The van der Waals surface area contributed by atoms with Gasteiger partial charge in [0.2, 0.25) is 0 Å². The fourth-order valence-electron chi connectivity index (χ4n) is 2.60. The summed E-state index contributed by atoms with van der Waals surface area (Å²) in [6, 6.07) is 0. The number of hydrogen-bond donors (Lipinski definition) is 1. The number of Topliss-reactive ketones (excluding diaryl/α,β-unsaturated/α-hetero) is 1. The average molecular weight is 362 g/mol. The van der Waals surface area contributed by atoms with E-state index in [0.29, 0.717) is 34.2 Å². The molecule has 0 saturated heterocycles. The van der Waals surface area contributed by atoms with Crippen molar-refractivity contribution < 1.29 is 14.3 Å². The van der Waals surface area contributed by atoms with E-state index in [1.165, 1.54) is 11.8 Å². The molecule has 25 heavy (non-hydrogen) atoms. The van der Waals surface area contributed by atoms with Gasteiger partial charge in [0, 0.05) is 17.9 Å². The predicted molar refractivity (Wildman–Crippen MR) is 96.2 cm³/mol. The lowest BCUT2D eigenvalue weighted by atomic mass is 10.1. The number of carbonyl (C=O) groups excluding carboxylic acids is 2. The normalized spacial score (nSPS) is 10.7. The number of aromatic nitrogens is 4. The number of nitrogens with one attached hydrogen (secondary N) is 1. The Labute approximate surface area is 150 Å². The van der Waals surface area contributed by atoms with E-state index in [2.05, 4.69) is 21.8 Å². The highest BCUT2D eigenvalue weighted by atomic mass is 32.2. The molecule has 2 aromatic rings. The third-order valence-electron chi connectivity index (χ3n) is 3.68. The van der Waals surface area contributed by atoms with Crippen molar-refractivity contribution in [2.24, 2.45) is 0 Å². The number of hydrogen-bond acceptors (Lipinski definition) is 6. The first kappa shape index (κ1) is 19.0. The molecule has 0 fully saturated rings. The van der Waals surface area contributed by atoms with E-state index in [1.807, 2.05) is 11.5 Å². The van der Waals surface area contributed by atoms with E-state index in [-0.39, 0.29) is 18.1 Å². The minimum atomic E-state index is -0.483. The molecule has 0 unspecified atom stereocenters. The molecular formula is C17H22N4O3S. The van der Waals surface area contributed by atoms with Crippen LogP contribution in [-0.2, 0) is 11.3 Å². The van der Waals surface area contributed by atoms with Crippen LogP contribution in [-0.4, -0.2) is 43.9 Å². The molecule has 0 amide bonds. The van der Waals surface area contributed by atoms with Gasteiger partial charge in [-0.1, -0.05) is 17.8 Å². The van der Waals surface area contributed by atoms with E-state index in [4.69, 9.17) is 4.74 Å². The van der Waals surface area contributed by atoms with Crippen molar-refractivity contribution in [3.8, 4) is 0 Å². The van der Waals surface area contributed by atoms with Crippen LogP contribution >= 0.6 is 11.8 Å². The SMILES string of the molecule is C=CCn1c(C)nnc1SCC(=O)c1c(C)[nH]c(C)c1C(=O)OCC. The molecule has 134 valence electrons. The molecular weight excluding hydrogens is 340 g/mol. The summed E-state index contributed by atoms with van der Waals surface area (Å²) in [5, 5.41) is 8.77. The van der Waals surface area contributed by atoms with Crippen LogP contribution in [0.5, 0.6) is 0 Å². The Bertz CT molecular complexity index is 807. The van der Waals surface area contributed by atoms with Gasteiger partial charge >= 0.3 is 5.97 Å². The third-order valence-corrected chi connectivity index (χ3v) is 4.65. The van der Waals surface area contributed by atoms with Crippen molar-refractivity contribution >= 4 is 23.5 Å². The van der Waals surface area contributed by atoms with Gasteiger partial charge in [0.05, 0.1) is 23.5 Å². The predicted octanol–water partition coefficient (Wildman–Crippen LogP) is 2.87. The number of esters is 1. The van der Waals surface area contributed by atoms with Gasteiger partial charge in [-0.2, -0.15) is 0 Å². The molecule has 0 atom stereocenters. The summed E-state index contributed by atoms with van der Waals surface area (Å²) < 4.78 is 6.96. The van der Waals surface area contributed by atoms with Crippen LogP contribution < -0.4 is 0 Å². The van der Waals surface area contributed by atoms with Crippen molar-refractivity contribution in [2.45, 2.75) is 39.4 Å². The van der Waals surface area contributed by atoms with Crippen molar-refractivity contribution in [3.63, 3.8) is 0 Å². The molecule has 0 aliphatic rings. The maximum atomic E-state index is 12.7. The summed E-state index contributed by atoms with van der Waals surface area (Å²) in [6.07, 6.45) is 1.75. The Morgan fingerprint density at radius 3 is 2.56 bits per heavy atom. The monoisotopic (exact) mass is 362 g/mol. The first-order valence-electron chi connectivity index (χ1n) is 7.93. The zero-order valence-electron chi connectivity index (χ0n) is 14.9. The first-order chi connectivity index (χ1) is 11.9. The van der Waals surface area contributed by atoms with Crippen molar-refractivity contribution in [3.05, 3.63) is 41.0 Å². The van der Waals surface area contributed by atoms with Gasteiger partial charge in [0.15, 0.2) is 10.9 Å². The van der Waals surface area contributed by atoms with E-state index < -0.39 is 5.97 Å². The largest absolute Gasteiger partial charge is 0.462 e. The number of carbonyl (C=O) groups is 2. The summed E-state index contributed by atoms with van der Waals surface area (Å²) in [5.41, 5.74) is 1.99.